The first-order valence-corrected chi connectivity index (χ1v) is 10.9. The van der Waals surface area contributed by atoms with Crippen LogP contribution in [0.5, 0.6) is 0 Å². The van der Waals surface area contributed by atoms with Crippen LogP contribution in [0.25, 0.3) is 0 Å². The van der Waals surface area contributed by atoms with Gasteiger partial charge in [-0.15, -0.1) is 23.2 Å². The highest BCUT2D eigenvalue weighted by Crippen LogP contribution is 2.75. The van der Waals surface area contributed by atoms with Crippen LogP contribution in [-0.2, 0) is 25.8 Å². The number of ether oxygens (including phenoxy) is 1. The Kier molecular flexibility index (Phi) is 3.85. The predicted molar refractivity (Wildman–Crippen MR) is 106 cm³/mol. The molecule has 2 aliphatic carbocycles. The van der Waals surface area contributed by atoms with Crippen LogP contribution in [0, 0.1) is 23.7 Å². The summed E-state index contributed by atoms with van der Waals surface area (Å²) < 4.78 is 6.13. The van der Waals surface area contributed by atoms with Crippen molar-refractivity contribution >= 4 is 58.2 Å². The van der Waals surface area contributed by atoms with E-state index >= 15 is 0 Å². The smallest absolute Gasteiger partial charge is 0.260 e. The Morgan fingerprint density at radius 2 is 1.48 bits per heavy atom. The van der Waals surface area contributed by atoms with Crippen molar-refractivity contribution in [3.05, 3.63) is 46.0 Å². The standard InChI is InChI=1S/C20H15Cl4NO4/c21-15-16(22)20(24)7-19(15,23)11-12(20)14-10-9(13(11)29-14)17(26)25(18(10)27)28-6-8-4-2-1-3-5-8/h1-5,9-14H,6-7H2/t9-,10+,11-,12-,13-,14-,19-,20-/m0/s1. The first-order valence-electron chi connectivity index (χ1n) is 9.43. The zero-order valence-corrected chi connectivity index (χ0v) is 17.9. The van der Waals surface area contributed by atoms with Gasteiger partial charge in [0, 0.05) is 11.8 Å². The maximum absolute atomic E-state index is 13.1. The van der Waals surface area contributed by atoms with E-state index in [0.29, 0.717) is 16.5 Å². The molecule has 0 aromatic heterocycles. The van der Waals surface area contributed by atoms with Crippen LogP contribution in [0.2, 0.25) is 0 Å². The van der Waals surface area contributed by atoms with Crippen LogP contribution < -0.4 is 0 Å². The molecule has 0 unspecified atom stereocenters. The van der Waals surface area contributed by atoms with E-state index < -0.39 is 33.8 Å². The molecule has 4 fully saturated rings. The number of hydroxylamine groups is 2. The molecular weight excluding hydrogens is 460 g/mol. The number of nitrogens with zero attached hydrogens (tertiary/aromatic N) is 1. The highest BCUT2D eigenvalue weighted by atomic mass is 35.5. The molecule has 9 heteroatoms. The molecule has 4 bridgehead atoms. The second kappa shape index (κ2) is 5.90. The van der Waals surface area contributed by atoms with E-state index in [1.807, 2.05) is 30.3 Å². The van der Waals surface area contributed by atoms with Crippen molar-refractivity contribution in [3.8, 4) is 0 Å². The third-order valence-electron chi connectivity index (χ3n) is 7.17. The molecule has 6 rings (SSSR count). The van der Waals surface area contributed by atoms with Gasteiger partial charge in [-0.05, 0) is 12.0 Å². The van der Waals surface area contributed by atoms with Gasteiger partial charge >= 0.3 is 0 Å². The zero-order valence-electron chi connectivity index (χ0n) is 14.9. The van der Waals surface area contributed by atoms with Crippen molar-refractivity contribution in [2.24, 2.45) is 23.7 Å². The van der Waals surface area contributed by atoms with Crippen molar-refractivity contribution in [2.45, 2.75) is 35.0 Å². The highest BCUT2D eigenvalue weighted by Gasteiger charge is 2.82. The quantitative estimate of drug-likeness (QED) is 0.494. The molecule has 0 spiro atoms. The second-order valence-electron chi connectivity index (χ2n) is 8.43. The van der Waals surface area contributed by atoms with E-state index in [0.717, 1.165) is 10.6 Å². The average Bonchev–Trinajstić information content (AvgIpc) is 3.43. The highest BCUT2D eigenvalue weighted by molar-refractivity contribution is 6.51. The summed E-state index contributed by atoms with van der Waals surface area (Å²) in [5.74, 6) is -2.59. The average molecular weight is 475 g/mol. The number of hydrogen-bond acceptors (Lipinski definition) is 4. The summed E-state index contributed by atoms with van der Waals surface area (Å²) in [5.41, 5.74) is 0.862. The molecule has 3 heterocycles. The van der Waals surface area contributed by atoms with Gasteiger partial charge in [0.1, 0.15) is 6.61 Å². The Morgan fingerprint density at radius 3 is 2.00 bits per heavy atom. The van der Waals surface area contributed by atoms with Crippen LogP contribution in [0.3, 0.4) is 0 Å². The number of amides is 2. The first-order chi connectivity index (χ1) is 13.8. The molecule has 0 radical (unpaired) electrons. The minimum atomic E-state index is -0.961. The number of carbonyl (C=O) groups is 2. The largest absolute Gasteiger partial charge is 0.373 e. The number of alkyl halides is 2. The molecule has 1 aromatic carbocycles. The molecule has 2 amide bonds. The first kappa shape index (κ1) is 18.9. The Hall–Kier alpha value is -0.820. The van der Waals surface area contributed by atoms with Gasteiger partial charge in [-0.25, -0.2) is 0 Å². The summed E-state index contributed by atoms with van der Waals surface area (Å²) in [6, 6.07) is 9.35. The maximum atomic E-state index is 13.1. The maximum Gasteiger partial charge on any atom is 0.260 e. The molecule has 1 saturated carbocycles. The number of benzene rings is 1. The molecule has 29 heavy (non-hydrogen) atoms. The predicted octanol–water partition coefficient (Wildman–Crippen LogP) is 3.79. The molecule has 5 aliphatic rings. The molecule has 8 atom stereocenters. The van der Waals surface area contributed by atoms with Crippen molar-refractivity contribution in [1.29, 1.82) is 0 Å². The summed E-state index contributed by atoms with van der Waals surface area (Å²) in [4.78, 5) is 29.9. The lowest BCUT2D eigenvalue weighted by atomic mass is 9.65. The van der Waals surface area contributed by atoms with Gasteiger partial charge in [-0.3, -0.25) is 14.4 Å². The number of imide groups is 1. The van der Waals surface area contributed by atoms with Crippen molar-refractivity contribution in [1.82, 2.24) is 5.06 Å². The van der Waals surface area contributed by atoms with E-state index in [-0.39, 0.29) is 30.3 Å². The van der Waals surface area contributed by atoms with E-state index in [2.05, 4.69) is 0 Å². The molecule has 5 nitrogen and oxygen atoms in total. The molecule has 152 valence electrons. The van der Waals surface area contributed by atoms with E-state index in [1.54, 1.807) is 0 Å². The van der Waals surface area contributed by atoms with Gasteiger partial charge in [0.15, 0.2) is 0 Å². The summed E-state index contributed by atoms with van der Waals surface area (Å²) in [5, 5.41) is 1.56. The molecule has 3 aliphatic heterocycles. The van der Waals surface area contributed by atoms with Gasteiger partial charge in [0.05, 0.1) is 43.9 Å². The van der Waals surface area contributed by atoms with Crippen LogP contribution in [0.1, 0.15) is 12.0 Å². The Bertz CT molecular complexity index is 932. The second-order valence-corrected chi connectivity index (χ2v) is 10.5. The topological polar surface area (TPSA) is 55.8 Å². The number of hydrogen-bond donors (Lipinski definition) is 0. The number of rotatable bonds is 3. The summed E-state index contributed by atoms with van der Waals surface area (Å²) >= 11 is 26.7. The Balaban J connectivity index is 1.32. The molecule has 0 N–H and O–H groups in total. The van der Waals surface area contributed by atoms with Crippen LogP contribution in [0.15, 0.2) is 40.4 Å². The van der Waals surface area contributed by atoms with Crippen molar-refractivity contribution in [2.75, 3.05) is 0 Å². The van der Waals surface area contributed by atoms with Gasteiger partial charge < -0.3 is 4.74 Å². The van der Waals surface area contributed by atoms with Crippen LogP contribution >= 0.6 is 46.4 Å². The summed E-state index contributed by atoms with van der Waals surface area (Å²) in [6.07, 6.45) is -0.690. The SMILES string of the molecule is O=C1[C@@H]2[C@@H]3O[C@@H]([C@@H]2C(=O)N1OCc1ccccc1)[C@@H]1[C@@H]3[C@@]2(Cl)C[C@@]1(Cl)C(Cl)=C2Cl. The Morgan fingerprint density at radius 1 is 0.966 bits per heavy atom. The summed E-state index contributed by atoms with van der Waals surface area (Å²) in [6.45, 7) is 0.124. The fraction of sp³-hybridized carbons (Fsp3) is 0.500. The molecule has 3 saturated heterocycles. The minimum Gasteiger partial charge on any atom is -0.373 e. The summed E-state index contributed by atoms with van der Waals surface area (Å²) in [7, 11) is 0. The van der Waals surface area contributed by atoms with Crippen LogP contribution in [-0.4, -0.2) is 38.8 Å². The minimum absolute atomic E-state index is 0.124. The van der Waals surface area contributed by atoms with Gasteiger partial charge in [-0.1, -0.05) is 53.5 Å². The van der Waals surface area contributed by atoms with Gasteiger partial charge in [0.2, 0.25) is 0 Å². The molecular formula is C20H15Cl4NO4. The third kappa shape index (κ3) is 2.12. The van der Waals surface area contributed by atoms with E-state index in [9.17, 15) is 9.59 Å². The normalized spacial score (nSPS) is 46.8. The lowest BCUT2D eigenvalue weighted by Gasteiger charge is -2.40. The number of carbonyl (C=O) groups excluding carboxylic acids is 2. The number of halogens is 4. The van der Waals surface area contributed by atoms with Gasteiger partial charge in [0.25, 0.3) is 11.8 Å². The number of fused-ring (bicyclic) bond motifs is 12. The fourth-order valence-electron chi connectivity index (χ4n) is 6.11. The lowest BCUT2D eigenvalue weighted by Crippen LogP contribution is -2.50. The van der Waals surface area contributed by atoms with Crippen molar-refractivity contribution in [3.63, 3.8) is 0 Å². The van der Waals surface area contributed by atoms with E-state index in [4.69, 9.17) is 56.0 Å². The Labute approximate surface area is 186 Å². The lowest BCUT2D eigenvalue weighted by molar-refractivity contribution is -0.196. The van der Waals surface area contributed by atoms with E-state index in [1.165, 1.54) is 0 Å². The third-order valence-corrected chi connectivity index (χ3v) is 9.66. The monoisotopic (exact) mass is 473 g/mol. The fourth-order valence-corrected chi connectivity index (χ4v) is 8.12. The van der Waals surface area contributed by atoms with Crippen molar-refractivity contribution < 1.29 is 19.2 Å². The zero-order chi connectivity index (χ0) is 20.3. The van der Waals surface area contributed by atoms with Crippen LogP contribution in [0.4, 0.5) is 0 Å². The van der Waals surface area contributed by atoms with Gasteiger partial charge in [-0.2, -0.15) is 5.06 Å². The molecule has 1 aromatic rings. The number of allylic oxidation sites excluding steroid dienone is 2.